The number of halogens is 2. The summed E-state index contributed by atoms with van der Waals surface area (Å²) in [5.41, 5.74) is 1.04. The van der Waals surface area contributed by atoms with E-state index < -0.39 is 0 Å². The Morgan fingerprint density at radius 1 is 1.15 bits per heavy atom. The second-order valence-electron chi connectivity index (χ2n) is 6.37. The van der Waals surface area contributed by atoms with Gasteiger partial charge in [-0.05, 0) is 31.0 Å². The van der Waals surface area contributed by atoms with Crippen LogP contribution in [0.2, 0.25) is 10.0 Å². The molecule has 0 bridgehead atoms. The van der Waals surface area contributed by atoms with Crippen molar-refractivity contribution in [2.45, 2.75) is 25.7 Å². The predicted molar refractivity (Wildman–Crippen MR) is 99.9 cm³/mol. The first-order valence-electron chi connectivity index (χ1n) is 8.46. The standard InChI is InChI=1S/C18H15Cl2N5O2/c1-10-22-15(9-21)18(26-10)25-4-2-11(3-5-25)17-23-16(24-27-17)12-6-13(19)8-14(20)7-12/h6-8,11H,2-5H2,1H3. The van der Waals surface area contributed by atoms with Crippen LogP contribution in [0.15, 0.2) is 27.1 Å². The van der Waals surface area contributed by atoms with Gasteiger partial charge < -0.3 is 13.8 Å². The molecule has 1 aromatic carbocycles. The molecule has 1 aliphatic rings. The van der Waals surface area contributed by atoms with Crippen molar-refractivity contribution in [3.8, 4) is 17.5 Å². The predicted octanol–water partition coefficient (Wildman–Crippen LogP) is 4.60. The van der Waals surface area contributed by atoms with E-state index in [1.54, 1.807) is 25.1 Å². The molecule has 0 N–H and O–H groups in total. The quantitative estimate of drug-likeness (QED) is 0.630. The number of rotatable bonds is 3. The average Bonchev–Trinajstić information content (AvgIpc) is 3.28. The summed E-state index contributed by atoms with van der Waals surface area (Å²) < 4.78 is 11.1. The van der Waals surface area contributed by atoms with Crippen molar-refractivity contribution < 1.29 is 8.94 Å². The lowest BCUT2D eigenvalue weighted by Crippen LogP contribution is -2.33. The van der Waals surface area contributed by atoms with E-state index in [0.717, 1.165) is 18.4 Å². The van der Waals surface area contributed by atoms with Crippen molar-refractivity contribution in [2.75, 3.05) is 18.0 Å². The molecule has 7 nitrogen and oxygen atoms in total. The Morgan fingerprint density at radius 2 is 1.85 bits per heavy atom. The van der Waals surface area contributed by atoms with Crippen LogP contribution < -0.4 is 4.90 Å². The molecule has 0 unspecified atom stereocenters. The van der Waals surface area contributed by atoms with E-state index in [0.29, 0.717) is 52.3 Å². The summed E-state index contributed by atoms with van der Waals surface area (Å²) in [6, 6.07) is 7.24. The number of nitrogens with zero attached hydrogens (tertiary/aromatic N) is 5. The molecule has 1 aliphatic heterocycles. The van der Waals surface area contributed by atoms with E-state index in [-0.39, 0.29) is 5.92 Å². The number of aryl methyl sites for hydroxylation is 1. The molecule has 0 spiro atoms. The Hall–Kier alpha value is -2.56. The molecular formula is C18H15Cl2N5O2. The lowest BCUT2D eigenvalue weighted by molar-refractivity contribution is 0.326. The first-order chi connectivity index (χ1) is 13.0. The van der Waals surface area contributed by atoms with E-state index in [1.807, 2.05) is 4.90 Å². The van der Waals surface area contributed by atoms with Gasteiger partial charge in [0.15, 0.2) is 5.89 Å². The SMILES string of the molecule is Cc1nc(C#N)c(N2CCC(c3nc(-c4cc(Cl)cc(Cl)c4)no3)CC2)o1. The maximum Gasteiger partial charge on any atom is 0.234 e. The van der Waals surface area contributed by atoms with Crippen LogP contribution >= 0.6 is 23.2 Å². The van der Waals surface area contributed by atoms with Crippen LogP contribution in [0.1, 0.15) is 36.2 Å². The second-order valence-corrected chi connectivity index (χ2v) is 7.25. The number of hydrogen-bond acceptors (Lipinski definition) is 7. The van der Waals surface area contributed by atoms with Crippen LogP contribution in [0.4, 0.5) is 5.88 Å². The number of anilines is 1. The van der Waals surface area contributed by atoms with Gasteiger partial charge in [0.05, 0.1) is 0 Å². The first-order valence-corrected chi connectivity index (χ1v) is 9.21. The zero-order valence-electron chi connectivity index (χ0n) is 14.4. The molecule has 9 heteroatoms. The summed E-state index contributed by atoms with van der Waals surface area (Å²) in [5, 5.41) is 14.3. The Labute approximate surface area is 165 Å². The van der Waals surface area contributed by atoms with Gasteiger partial charge in [-0.1, -0.05) is 28.4 Å². The van der Waals surface area contributed by atoms with Gasteiger partial charge in [-0.3, -0.25) is 0 Å². The monoisotopic (exact) mass is 403 g/mol. The highest BCUT2D eigenvalue weighted by Gasteiger charge is 2.28. The fourth-order valence-corrected chi connectivity index (χ4v) is 3.76. The molecule has 3 aromatic rings. The van der Waals surface area contributed by atoms with Crippen LogP contribution in [0.25, 0.3) is 11.4 Å². The van der Waals surface area contributed by atoms with E-state index in [2.05, 4.69) is 21.2 Å². The van der Waals surface area contributed by atoms with Gasteiger partial charge in [0.1, 0.15) is 6.07 Å². The molecule has 3 heterocycles. The summed E-state index contributed by atoms with van der Waals surface area (Å²) in [5.74, 6) is 2.23. The molecule has 27 heavy (non-hydrogen) atoms. The zero-order chi connectivity index (χ0) is 19.0. The highest BCUT2D eigenvalue weighted by Crippen LogP contribution is 2.33. The third-order valence-corrected chi connectivity index (χ3v) is 4.95. The maximum absolute atomic E-state index is 9.19. The molecule has 0 radical (unpaired) electrons. The molecule has 0 saturated carbocycles. The Balaban J connectivity index is 1.47. The Bertz CT molecular complexity index is 995. The van der Waals surface area contributed by atoms with Gasteiger partial charge >= 0.3 is 0 Å². The fourth-order valence-electron chi connectivity index (χ4n) is 3.23. The van der Waals surface area contributed by atoms with Crippen molar-refractivity contribution in [3.63, 3.8) is 0 Å². The Morgan fingerprint density at radius 3 is 2.52 bits per heavy atom. The molecule has 4 rings (SSSR count). The van der Waals surface area contributed by atoms with Crippen LogP contribution in [-0.2, 0) is 0 Å². The lowest BCUT2D eigenvalue weighted by Gasteiger charge is -2.29. The number of benzene rings is 1. The van der Waals surface area contributed by atoms with Gasteiger partial charge in [0.2, 0.25) is 23.3 Å². The van der Waals surface area contributed by atoms with Crippen molar-refractivity contribution in [1.29, 1.82) is 5.26 Å². The summed E-state index contributed by atoms with van der Waals surface area (Å²) in [6.07, 6.45) is 1.62. The fraction of sp³-hybridized carbons (Fsp3) is 0.333. The van der Waals surface area contributed by atoms with Crippen molar-refractivity contribution in [2.24, 2.45) is 0 Å². The minimum Gasteiger partial charge on any atom is -0.424 e. The third kappa shape index (κ3) is 3.64. The lowest BCUT2D eigenvalue weighted by atomic mass is 9.97. The summed E-state index contributed by atoms with van der Waals surface area (Å²) in [6.45, 7) is 3.17. The van der Waals surface area contributed by atoms with Crippen LogP contribution in [0.5, 0.6) is 0 Å². The molecule has 1 saturated heterocycles. The van der Waals surface area contributed by atoms with Gasteiger partial charge in [-0.15, -0.1) is 0 Å². The molecule has 138 valence electrons. The van der Waals surface area contributed by atoms with Crippen LogP contribution in [-0.4, -0.2) is 28.2 Å². The highest BCUT2D eigenvalue weighted by atomic mass is 35.5. The normalized spacial score (nSPS) is 15.1. The van der Waals surface area contributed by atoms with Gasteiger partial charge in [0.25, 0.3) is 0 Å². The maximum atomic E-state index is 9.19. The third-order valence-electron chi connectivity index (χ3n) is 4.52. The van der Waals surface area contributed by atoms with Crippen molar-refractivity contribution in [1.82, 2.24) is 15.1 Å². The van der Waals surface area contributed by atoms with Crippen LogP contribution in [0, 0.1) is 18.3 Å². The smallest absolute Gasteiger partial charge is 0.234 e. The van der Waals surface area contributed by atoms with E-state index >= 15 is 0 Å². The molecule has 0 amide bonds. The highest BCUT2D eigenvalue weighted by molar-refractivity contribution is 6.35. The van der Waals surface area contributed by atoms with Crippen LogP contribution in [0.3, 0.4) is 0 Å². The number of piperidine rings is 1. The minimum absolute atomic E-state index is 0.145. The van der Waals surface area contributed by atoms with E-state index in [4.69, 9.17) is 32.1 Å². The number of hydrogen-bond donors (Lipinski definition) is 0. The number of aromatic nitrogens is 3. The average molecular weight is 404 g/mol. The topological polar surface area (TPSA) is 92.0 Å². The van der Waals surface area contributed by atoms with Crippen molar-refractivity contribution in [3.05, 3.63) is 45.7 Å². The zero-order valence-corrected chi connectivity index (χ0v) is 16.0. The van der Waals surface area contributed by atoms with Gasteiger partial charge in [-0.25, -0.2) is 4.98 Å². The van der Waals surface area contributed by atoms with Gasteiger partial charge in [0, 0.05) is 41.5 Å². The largest absolute Gasteiger partial charge is 0.424 e. The molecule has 0 atom stereocenters. The van der Waals surface area contributed by atoms with E-state index in [1.165, 1.54) is 0 Å². The first kappa shape index (κ1) is 17.8. The molecule has 0 aliphatic carbocycles. The Kier molecular flexibility index (Phi) is 4.77. The molecular weight excluding hydrogens is 389 g/mol. The molecule has 2 aromatic heterocycles. The summed E-state index contributed by atoms with van der Waals surface area (Å²) in [4.78, 5) is 10.7. The summed E-state index contributed by atoms with van der Waals surface area (Å²) in [7, 11) is 0. The minimum atomic E-state index is 0.145. The number of oxazole rings is 1. The summed E-state index contributed by atoms with van der Waals surface area (Å²) >= 11 is 12.1. The number of nitriles is 1. The molecule has 1 fully saturated rings. The van der Waals surface area contributed by atoms with E-state index in [9.17, 15) is 5.26 Å². The van der Waals surface area contributed by atoms with Crippen molar-refractivity contribution >= 4 is 29.1 Å². The van der Waals surface area contributed by atoms with Gasteiger partial charge in [-0.2, -0.15) is 10.2 Å². The second kappa shape index (κ2) is 7.22.